The van der Waals surface area contributed by atoms with Crippen molar-refractivity contribution in [2.45, 2.75) is 18.0 Å². The normalized spacial score (nSPS) is 32.8. The SMILES string of the molecule is COC(=O)C1=C[C@H]2C(=O)N(S(=O)(=O)C(F)(F)F)[C@@H]1[C@H]1CC=C[C@H]12. The van der Waals surface area contributed by atoms with Gasteiger partial charge in [0.2, 0.25) is 5.91 Å². The standard InChI is InChI=1S/C13H12F3NO5S/c1-22-12(19)9-5-8-6-3-2-4-7(6)10(9)17(11(8)18)23(20,21)13(14,15)16/h2-3,5-8,10H,4H2,1H3/t6-,7+,8-,10-/m1/s1. The van der Waals surface area contributed by atoms with Gasteiger partial charge < -0.3 is 4.74 Å². The molecule has 0 aromatic rings. The Morgan fingerprint density at radius 3 is 2.61 bits per heavy atom. The lowest BCUT2D eigenvalue weighted by Crippen LogP contribution is -2.63. The number of carbonyl (C=O) groups excluding carboxylic acids is 2. The van der Waals surface area contributed by atoms with Crippen LogP contribution in [-0.2, 0) is 24.3 Å². The van der Waals surface area contributed by atoms with Crippen molar-refractivity contribution in [2.24, 2.45) is 17.8 Å². The van der Waals surface area contributed by atoms with E-state index in [4.69, 9.17) is 0 Å². The van der Waals surface area contributed by atoms with Gasteiger partial charge in [0.05, 0.1) is 24.6 Å². The van der Waals surface area contributed by atoms with E-state index >= 15 is 0 Å². The molecular formula is C13H12F3NO5S. The highest BCUT2D eigenvalue weighted by Gasteiger charge is 2.63. The zero-order valence-electron chi connectivity index (χ0n) is 11.8. The lowest BCUT2D eigenvalue weighted by atomic mass is 9.68. The predicted octanol–water partition coefficient (Wildman–Crippen LogP) is 0.968. The summed E-state index contributed by atoms with van der Waals surface area (Å²) in [6.07, 6.45) is 4.89. The lowest BCUT2D eigenvalue weighted by Gasteiger charge is -2.48. The molecule has 0 saturated carbocycles. The topological polar surface area (TPSA) is 80.8 Å². The fourth-order valence-electron chi connectivity index (χ4n) is 3.56. The molecule has 23 heavy (non-hydrogen) atoms. The van der Waals surface area contributed by atoms with Crippen LogP contribution in [0.5, 0.6) is 0 Å². The number of halogens is 3. The number of ether oxygens (including phenoxy) is 1. The summed E-state index contributed by atoms with van der Waals surface area (Å²) in [7, 11) is -4.84. The van der Waals surface area contributed by atoms with E-state index in [1.807, 2.05) is 0 Å². The van der Waals surface area contributed by atoms with Gasteiger partial charge in [0.15, 0.2) is 0 Å². The molecule has 0 unspecified atom stereocenters. The molecular weight excluding hydrogens is 339 g/mol. The van der Waals surface area contributed by atoms with Crippen molar-refractivity contribution in [1.29, 1.82) is 0 Å². The third kappa shape index (κ3) is 2.03. The van der Waals surface area contributed by atoms with E-state index in [2.05, 4.69) is 4.74 Å². The van der Waals surface area contributed by atoms with Gasteiger partial charge in [-0.05, 0) is 18.3 Å². The number of sulfonamides is 1. The molecule has 2 heterocycles. The first kappa shape index (κ1) is 16.0. The third-order valence-electron chi connectivity index (χ3n) is 4.49. The molecule has 4 aliphatic rings. The minimum Gasteiger partial charge on any atom is -0.466 e. The maximum absolute atomic E-state index is 12.9. The average Bonchev–Trinajstić information content (AvgIpc) is 2.95. The number of carbonyl (C=O) groups is 2. The monoisotopic (exact) mass is 351 g/mol. The molecule has 4 rings (SSSR count). The Bertz CT molecular complexity index is 739. The van der Waals surface area contributed by atoms with Gasteiger partial charge in [-0.25, -0.2) is 9.10 Å². The largest absolute Gasteiger partial charge is 0.516 e. The van der Waals surface area contributed by atoms with Gasteiger partial charge in [-0.3, -0.25) is 4.79 Å². The van der Waals surface area contributed by atoms with Gasteiger partial charge in [0.25, 0.3) is 0 Å². The van der Waals surface area contributed by atoms with Gasteiger partial charge in [-0.15, -0.1) is 0 Å². The molecule has 4 atom stereocenters. The highest BCUT2D eigenvalue weighted by Crippen LogP contribution is 2.51. The van der Waals surface area contributed by atoms with Gasteiger partial charge in [0.1, 0.15) is 0 Å². The van der Waals surface area contributed by atoms with E-state index in [1.165, 1.54) is 6.08 Å². The number of piperidine rings is 1. The Labute approximate surface area is 129 Å². The van der Waals surface area contributed by atoms with Crippen molar-refractivity contribution in [1.82, 2.24) is 4.31 Å². The van der Waals surface area contributed by atoms with Crippen molar-refractivity contribution >= 4 is 21.9 Å². The van der Waals surface area contributed by atoms with Gasteiger partial charge in [0, 0.05) is 0 Å². The van der Waals surface area contributed by atoms with Crippen molar-refractivity contribution < 1.29 is 35.9 Å². The minimum atomic E-state index is -5.89. The highest BCUT2D eigenvalue weighted by atomic mass is 32.2. The lowest BCUT2D eigenvalue weighted by molar-refractivity contribution is -0.144. The summed E-state index contributed by atoms with van der Waals surface area (Å²) in [5, 5.41) is 0. The number of alkyl halides is 3. The van der Waals surface area contributed by atoms with Crippen LogP contribution >= 0.6 is 0 Å². The van der Waals surface area contributed by atoms with Crippen LogP contribution in [0.4, 0.5) is 13.2 Å². The van der Waals surface area contributed by atoms with Crippen LogP contribution < -0.4 is 0 Å². The van der Waals surface area contributed by atoms with Crippen LogP contribution in [-0.4, -0.2) is 43.3 Å². The molecule has 0 spiro atoms. The second-order valence-electron chi connectivity index (χ2n) is 5.57. The summed E-state index contributed by atoms with van der Waals surface area (Å²) in [6.45, 7) is 0. The quantitative estimate of drug-likeness (QED) is 0.547. The highest BCUT2D eigenvalue weighted by molar-refractivity contribution is 7.90. The molecule has 10 heteroatoms. The summed E-state index contributed by atoms with van der Waals surface area (Å²) in [6, 6.07) is -1.49. The molecule has 0 aromatic carbocycles. The van der Waals surface area contributed by atoms with Gasteiger partial charge in [-0.1, -0.05) is 18.2 Å². The Hall–Kier alpha value is -1.84. The maximum atomic E-state index is 12.9. The summed E-state index contributed by atoms with van der Waals surface area (Å²) in [4.78, 5) is 24.1. The van der Waals surface area contributed by atoms with E-state index in [9.17, 15) is 31.2 Å². The Balaban J connectivity index is 2.16. The number of esters is 1. The maximum Gasteiger partial charge on any atom is 0.516 e. The smallest absolute Gasteiger partial charge is 0.466 e. The molecule has 2 aliphatic heterocycles. The Morgan fingerprint density at radius 1 is 1.39 bits per heavy atom. The fraction of sp³-hybridized carbons (Fsp3) is 0.538. The first-order chi connectivity index (χ1) is 10.6. The molecule has 2 aliphatic carbocycles. The van der Waals surface area contributed by atoms with E-state index in [1.54, 1.807) is 12.2 Å². The van der Waals surface area contributed by atoms with E-state index < -0.39 is 51.2 Å². The molecule has 6 nitrogen and oxygen atoms in total. The zero-order chi connectivity index (χ0) is 17.2. The Kier molecular flexibility index (Phi) is 3.36. The van der Waals surface area contributed by atoms with E-state index in [0.717, 1.165) is 7.11 Å². The average molecular weight is 351 g/mol. The molecule has 126 valence electrons. The van der Waals surface area contributed by atoms with E-state index in [0.29, 0.717) is 0 Å². The number of hydrogen-bond acceptors (Lipinski definition) is 5. The molecule has 1 saturated heterocycles. The van der Waals surface area contributed by atoms with Crippen LogP contribution in [0.15, 0.2) is 23.8 Å². The molecule has 0 N–H and O–H groups in total. The van der Waals surface area contributed by atoms with Crippen LogP contribution in [0.1, 0.15) is 6.42 Å². The van der Waals surface area contributed by atoms with Crippen molar-refractivity contribution in [3.8, 4) is 0 Å². The second kappa shape index (κ2) is 4.83. The first-order valence-corrected chi connectivity index (χ1v) is 8.16. The van der Waals surface area contributed by atoms with Crippen molar-refractivity contribution in [3.63, 3.8) is 0 Å². The minimum absolute atomic E-state index is 0.169. The van der Waals surface area contributed by atoms with Gasteiger partial charge in [-0.2, -0.15) is 21.6 Å². The summed E-state index contributed by atoms with van der Waals surface area (Å²) in [5.74, 6) is -4.20. The molecule has 0 radical (unpaired) electrons. The van der Waals surface area contributed by atoms with Crippen molar-refractivity contribution in [2.75, 3.05) is 7.11 Å². The van der Waals surface area contributed by atoms with Crippen molar-refractivity contribution in [3.05, 3.63) is 23.8 Å². The van der Waals surface area contributed by atoms with Crippen LogP contribution in [0.25, 0.3) is 0 Å². The van der Waals surface area contributed by atoms with Crippen LogP contribution in [0, 0.1) is 17.8 Å². The third-order valence-corrected chi connectivity index (χ3v) is 6.00. The number of amides is 1. The van der Waals surface area contributed by atoms with Crippen LogP contribution in [0.2, 0.25) is 0 Å². The summed E-state index contributed by atoms with van der Waals surface area (Å²) >= 11 is 0. The zero-order valence-corrected chi connectivity index (χ0v) is 12.6. The number of allylic oxidation sites excluding steroid dienone is 2. The second-order valence-corrected chi connectivity index (χ2v) is 7.38. The Morgan fingerprint density at radius 2 is 2.04 bits per heavy atom. The van der Waals surface area contributed by atoms with Gasteiger partial charge >= 0.3 is 21.5 Å². The number of hydrogen-bond donors (Lipinski definition) is 0. The number of fused-ring (bicyclic) bond motifs is 1. The summed E-state index contributed by atoms with van der Waals surface area (Å²) in [5.41, 5.74) is -5.84. The van der Waals surface area contributed by atoms with E-state index in [-0.39, 0.29) is 16.3 Å². The molecule has 0 aromatic heterocycles. The number of methoxy groups -OCH3 is 1. The predicted molar refractivity (Wildman–Crippen MR) is 69.9 cm³/mol. The molecule has 1 fully saturated rings. The molecule has 2 bridgehead atoms. The summed E-state index contributed by atoms with van der Waals surface area (Å²) < 4.78 is 66.8. The number of nitrogens with zero attached hydrogens (tertiary/aromatic N) is 1. The number of rotatable bonds is 2. The fourth-order valence-corrected chi connectivity index (χ4v) is 4.71. The first-order valence-electron chi connectivity index (χ1n) is 6.72. The van der Waals surface area contributed by atoms with Crippen LogP contribution in [0.3, 0.4) is 0 Å². The molecule has 1 amide bonds.